The number of aromatic nitrogens is 2. The second-order valence-electron chi connectivity index (χ2n) is 6.28. The largest absolute Gasteiger partial charge is 0.439 e. The second kappa shape index (κ2) is 6.53. The number of benzene rings is 1. The molecule has 1 atom stereocenters. The molecule has 5 heteroatoms. The van der Waals surface area contributed by atoms with Crippen molar-refractivity contribution in [3.05, 3.63) is 66.0 Å². The highest BCUT2D eigenvalue weighted by molar-refractivity contribution is 5.81. The molecular formula is C19H23N4O+. The molecule has 1 unspecified atom stereocenters. The van der Waals surface area contributed by atoms with Crippen LogP contribution in [0.25, 0.3) is 0 Å². The summed E-state index contributed by atoms with van der Waals surface area (Å²) >= 11 is 0. The van der Waals surface area contributed by atoms with Gasteiger partial charge in [0.15, 0.2) is 0 Å². The van der Waals surface area contributed by atoms with Crippen LogP contribution in [-0.4, -0.2) is 32.4 Å². The van der Waals surface area contributed by atoms with Crippen molar-refractivity contribution in [3.63, 3.8) is 0 Å². The van der Waals surface area contributed by atoms with Crippen LogP contribution in [0.1, 0.15) is 32.8 Å². The Hall–Kier alpha value is -2.53. The topological polar surface area (TPSA) is 47.2 Å². The Morgan fingerprint density at radius 1 is 1.25 bits per heavy atom. The summed E-state index contributed by atoms with van der Waals surface area (Å²) in [5, 5.41) is 0. The summed E-state index contributed by atoms with van der Waals surface area (Å²) in [6.07, 6.45) is 8.19. The van der Waals surface area contributed by atoms with E-state index in [-0.39, 0.29) is 16.6 Å². The van der Waals surface area contributed by atoms with Gasteiger partial charge in [0, 0.05) is 25.2 Å². The van der Waals surface area contributed by atoms with Crippen LogP contribution in [0, 0.1) is 0 Å². The van der Waals surface area contributed by atoms with Gasteiger partial charge in [-0.15, -0.1) is 0 Å². The van der Waals surface area contributed by atoms with Gasteiger partial charge in [-0.3, -0.25) is 0 Å². The van der Waals surface area contributed by atoms with Gasteiger partial charge in [-0.1, -0.05) is 37.3 Å². The minimum Gasteiger partial charge on any atom is -0.245 e. The van der Waals surface area contributed by atoms with E-state index in [1.54, 1.807) is 29.6 Å². The molecule has 0 radical (unpaired) electrons. The van der Waals surface area contributed by atoms with E-state index >= 15 is 0 Å². The summed E-state index contributed by atoms with van der Waals surface area (Å²) in [4.78, 5) is 21.9. The van der Waals surface area contributed by atoms with Crippen LogP contribution in [0.15, 0.2) is 65.4 Å². The molecule has 124 valence electrons. The van der Waals surface area contributed by atoms with Gasteiger partial charge in [0.05, 0.1) is 0 Å². The molecule has 1 aliphatic rings. The smallest absolute Gasteiger partial charge is 0.245 e. The minimum absolute atomic E-state index is 0.0360. The summed E-state index contributed by atoms with van der Waals surface area (Å²) < 4.78 is 1.68. The van der Waals surface area contributed by atoms with E-state index in [9.17, 15) is 4.79 Å². The molecule has 1 aromatic heterocycles. The molecule has 1 aromatic carbocycles. The average Bonchev–Trinajstić information content (AvgIpc) is 3.23. The molecule has 0 spiro atoms. The van der Waals surface area contributed by atoms with Crippen molar-refractivity contribution in [3.8, 4) is 0 Å². The first-order valence-electron chi connectivity index (χ1n) is 8.32. The molecule has 0 bridgehead atoms. The van der Waals surface area contributed by atoms with E-state index in [1.807, 2.05) is 18.2 Å². The number of allylic oxidation sites excluding steroid dienone is 2. The molecular weight excluding hydrogens is 300 g/mol. The quantitative estimate of drug-likeness (QED) is 0.799. The Morgan fingerprint density at radius 3 is 2.58 bits per heavy atom. The fourth-order valence-corrected chi connectivity index (χ4v) is 3.32. The maximum absolute atomic E-state index is 13.2. The summed E-state index contributed by atoms with van der Waals surface area (Å²) in [5.74, 6) is 0. The van der Waals surface area contributed by atoms with Crippen molar-refractivity contribution < 1.29 is 9.28 Å². The van der Waals surface area contributed by atoms with Gasteiger partial charge in [0.25, 0.3) is 0 Å². The van der Waals surface area contributed by atoms with Gasteiger partial charge in [-0.05, 0) is 19.4 Å². The van der Waals surface area contributed by atoms with Crippen molar-refractivity contribution in [1.29, 1.82) is 0 Å². The van der Waals surface area contributed by atoms with Gasteiger partial charge in [-0.2, -0.15) is 4.48 Å². The fraction of sp³-hybridized carbons (Fsp3) is 0.316. The lowest BCUT2D eigenvalue weighted by Gasteiger charge is -2.33. The Labute approximate surface area is 142 Å². The number of carbonyl (C=O) groups excluding carboxylic acids is 1. The average molecular weight is 323 g/mol. The first-order valence-corrected chi connectivity index (χ1v) is 8.32. The Balaban J connectivity index is 2.04. The Kier molecular flexibility index (Phi) is 4.44. The molecule has 5 nitrogen and oxygen atoms in total. The maximum Gasteiger partial charge on any atom is 0.439 e. The lowest BCUT2D eigenvalue weighted by molar-refractivity contribution is -0.734. The zero-order valence-corrected chi connectivity index (χ0v) is 14.4. The van der Waals surface area contributed by atoms with Crippen LogP contribution in [0.5, 0.6) is 0 Å². The van der Waals surface area contributed by atoms with Crippen molar-refractivity contribution in [2.24, 2.45) is 4.99 Å². The predicted molar refractivity (Wildman–Crippen MR) is 94.4 cm³/mol. The van der Waals surface area contributed by atoms with Crippen LogP contribution in [0.2, 0.25) is 0 Å². The molecule has 2 aromatic rings. The SMILES string of the molecule is CCC1=C(Cc2ccccc2)N=C[N+]1(C(=O)n1ccnc1)C(C)C. The van der Waals surface area contributed by atoms with E-state index in [1.165, 1.54) is 5.56 Å². The predicted octanol–water partition coefficient (Wildman–Crippen LogP) is 3.98. The van der Waals surface area contributed by atoms with E-state index in [2.05, 4.69) is 42.9 Å². The fourth-order valence-electron chi connectivity index (χ4n) is 3.32. The Morgan fingerprint density at radius 2 is 2.00 bits per heavy atom. The maximum atomic E-state index is 13.2. The highest BCUT2D eigenvalue weighted by Gasteiger charge is 2.48. The molecule has 2 heterocycles. The summed E-state index contributed by atoms with van der Waals surface area (Å²) in [5.41, 5.74) is 3.26. The van der Waals surface area contributed by atoms with Crippen molar-refractivity contribution in [2.45, 2.75) is 39.7 Å². The first kappa shape index (κ1) is 16.3. The van der Waals surface area contributed by atoms with Crippen molar-refractivity contribution >= 4 is 12.4 Å². The molecule has 0 N–H and O–H groups in total. The molecule has 0 saturated carbocycles. The lowest BCUT2D eigenvalue weighted by Crippen LogP contribution is -2.55. The number of nitrogens with zero attached hydrogens (tertiary/aromatic N) is 4. The van der Waals surface area contributed by atoms with Gasteiger partial charge in [-0.25, -0.2) is 19.3 Å². The third-order valence-corrected chi connectivity index (χ3v) is 4.58. The molecule has 3 rings (SSSR count). The number of aliphatic imine (C=N–C) groups is 1. The molecule has 0 saturated heterocycles. The van der Waals surface area contributed by atoms with E-state index in [0.29, 0.717) is 0 Å². The van der Waals surface area contributed by atoms with Gasteiger partial charge < -0.3 is 0 Å². The molecule has 24 heavy (non-hydrogen) atoms. The monoisotopic (exact) mass is 323 g/mol. The number of carbonyl (C=O) groups is 1. The summed E-state index contributed by atoms with van der Waals surface area (Å²) in [6, 6.07) is 10.3. The standard InChI is InChI=1S/C19H23N4O/c1-4-18-17(12-16-8-6-5-7-9-16)21-14-23(18,15(2)3)19(24)22-11-10-20-13-22/h5-11,13-15H,4,12H2,1-3H3/q+1. The van der Waals surface area contributed by atoms with Gasteiger partial charge >= 0.3 is 6.03 Å². The van der Waals surface area contributed by atoms with Gasteiger partial charge in [0.1, 0.15) is 23.8 Å². The van der Waals surface area contributed by atoms with Crippen LogP contribution in [0.3, 0.4) is 0 Å². The number of imidazole rings is 1. The first-order chi connectivity index (χ1) is 11.6. The van der Waals surface area contributed by atoms with Crippen LogP contribution in [0.4, 0.5) is 4.79 Å². The third kappa shape index (κ3) is 2.61. The minimum atomic E-state index is -0.0360. The number of hydrogen-bond acceptors (Lipinski definition) is 3. The third-order valence-electron chi connectivity index (χ3n) is 4.58. The molecule has 1 amide bonds. The highest BCUT2D eigenvalue weighted by Crippen LogP contribution is 2.34. The number of amides is 1. The number of hydrogen-bond donors (Lipinski definition) is 0. The highest BCUT2D eigenvalue weighted by atomic mass is 16.2. The summed E-state index contributed by atoms with van der Waals surface area (Å²) in [6.45, 7) is 6.20. The van der Waals surface area contributed by atoms with E-state index < -0.39 is 0 Å². The van der Waals surface area contributed by atoms with Crippen LogP contribution in [-0.2, 0) is 6.42 Å². The number of quaternary nitrogens is 1. The van der Waals surface area contributed by atoms with Gasteiger partial charge in [0.2, 0.25) is 6.34 Å². The van der Waals surface area contributed by atoms with Crippen molar-refractivity contribution in [1.82, 2.24) is 9.55 Å². The zero-order chi connectivity index (χ0) is 17.2. The van der Waals surface area contributed by atoms with E-state index in [4.69, 9.17) is 0 Å². The van der Waals surface area contributed by atoms with Crippen LogP contribution >= 0.6 is 0 Å². The second-order valence-corrected chi connectivity index (χ2v) is 6.28. The lowest BCUT2D eigenvalue weighted by atomic mass is 10.1. The van der Waals surface area contributed by atoms with Crippen LogP contribution < -0.4 is 0 Å². The zero-order valence-electron chi connectivity index (χ0n) is 14.4. The summed E-state index contributed by atoms with van der Waals surface area (Å²) in [7, 11) is 0. The Bertz CT molecular complexity index is 775. The van der Waals surface area contributed by atoms with E-state index in [0.717, 1.165) is 24.2 Å². The molecule has 0 aliphatic carbocycles. The molecule has 1 aliphatic heterocycles. The number of rotatable bonds is 4. The normalized spacial score (nSPS) is 20.2. The van der Waals surface area contributed by atoms with Crippen molar-refractivity contribution in [2.75, 3.05) is 0 Å². The molecule has 0 fully saturated rings.